The van der Waals surface area contributed by atoms with Gasteiger partial charge in [-0.3, -0.25) is 4.21 Å². The Bertz CT molecular complexity index is 465. The quantitative estimate of drug-likeness (QED) is 0.905. The first-order valence-electron chi connectivity index (χ1n) is 6.23. The van der Waals surface area contributed by atoms with E-state index in [2.05, 4.69) is 13.0 Å². The molecule has 0 saturated heterocycles. The fourth-order valence-electron chi connectivity index (χ4n) is 2.22. The number of hydrogen-bond acceptors (Lipinski definition) is 3. The Morgan fingerprint density at radius 2 is 2.22 bits per heavy atom. The average Bonchev–Trinajstić information content (AvgIpc) is 2.55. The second-order valence-electron chi connectivity index (χ2n) is 5.79. The van der Waals surface area contributed by atoms with Gasteiger partial charge in [-0.1, -0.05) is 17.7 Å². The summed E-state index contributed by atoms with van der Waals surface area (Å²) in [5.41, 5.74) is 7.96. The van der Waals surface area contributed by atoms with Crippen molar-refractivity contribution in [3.63, 3.8) is 0 Å². The summed E-state index contributed by atoms with van der Waals surface area (Å²) >= 11 is 0. The topological polar surface area (TPSA) is 52.3 Å². The Morgan fingerprint density at radius 1 is 1.50 bits per heavy atom. The summed E-state index contributed by atoms with van der Waals surface area (Å²) in [5, 5.41) is 0. The Balaban J connectivity index is 1.94. The van der Waals surface area contributed by atoms with Crippen LogP contribution in [0.2, 0.25) is 0 Å². The monoisotopic (exact) mass is 267 g/mol. The van der Waals surface area contributed by atoms with Gasteiger partial charge in [0.15, 0.2) is 0 Å². The maximum absolute atomic E-state index is 12.0. The SMILES string of the molecule is Cc1ccc2c(c1)CC(CS(=O)CC(C)(C)N)O2. The number of ether oxygens (including phenoxy) is 1. The molecule has 0 fully saturated rings. The van der Waals surface area contributed by atoms with Gasteiger partial charge in [-0.05, 0) is 32.4 Å². The molecule has 2 unspecified atom stereocenters. The molecule has 0 aliphatic carbocycles. The molecule has 0 saturated carbocycles. The molecular formula is C14H21NO2S. The van der Waals surface area contributed by atoms with Gasteiger partial charge in [0, 0.05) is 28.5 Å². The van der Waals surface area contributed by atoms with Gasteiger partial charge in [0.1, 0.15) is 11.9 Å². The lowest BCUT2D eigenvalue weighted by atomic mass is 10.1. The largest absolute Gasteiger partial charge is 0.489 e. The molecule has 1 aromatic rings. The molecule has 0 radical (unpaired) electrons. The van der Waals surface area contributed by atoms with Gasteiger partial charge in [-0.2, -0.15) is 0 Å². The third kappa shape index (κ3) is 3.56. The van der Waals surface area contributed by atoms with Crippen molar-refractivity contribution >= 4 is 10.8 Å². The molecule has 2 N–H and O–H groups in total. The van der Waals surface area contributed by atoms with Crippen LogP contribution >= 0.6 is 0 Å². The van der Waals surface area contributed by atoms with Crippen LogP contribution in [0.25, 0.3) is 0 Å². The van der Waals surface area contributed by atoms with Crippen LogP contribution in [0, 0.1) is 6.92 Å². The van der Waals surface area contributed by atoms with E-state index in [1.165, 1.54) is 11.1 Å². The molecule has 2 atom stereocenters. The Morgan fingerprint density at radius 3 is 2.89 bits per heavy atom. The summed E-state index contributed by atoms with van der Waals surface area (Å²) in [6.07, 6.45) is 0.887. The number of aryl methyl sites for hydroxylation is 1. The van der Waals surface area contributed by atoms with Crippen molar-refractivity contribution in [3.05, 3.63) is 29.3 Å². The molecule has 0 amide bonds. The van der Waals surface area contributed by atoms with Crippen LogP contribution < -0.4 is 10.5 Å². The highest BCUT2D eigenvalue weighted by Crippen LogP contribution is 2.29. The van der Waals surface area contributed by atoms with Crippen molar-refractivity contribution in [2.24, 2.45) is 5.73 Å². The van der Waals surface area contributed by atoms with Crippen molar-refractivity contribution in [2.75, 3.05) is 11.5 Å². The van der Waals surface area contributed by atoms with E-state index in [9.17, 15) is 4.21 Å². The predicted octanol–water partition coefficient (Wildman–Crippen LogP) is 1.78. The molecule has 0 spiro atoms. The van der Waals surface area contributed by atoms with Gasteiger partial charge in [0.25, 0.3) is 0 Å². The maximum atomic E-state index is 12.0. The Hall–Kier alpha value is -0.870. The normalized spacial score (nSPS) is 20.3. The first-order chi connectivity index (χ1) is 8.33. The molecule has 4 heteroatoms. The lowest BCUT2D eigenvalue weighted by Gasteiger charge is -2.19. The molecule has 2 rings (SSSR count). The molecule has 18 heavy (non-hydrogen) atoms. The van der Waals surface area contributed by atoms with Crippen LogP contribution in [0.3, 0.4) is 0 Å². The van der Waals surface area contributed by atoms with Gasteiger partial charge >= 0.3 is 0 Å². The van der Waals surface area contributed by atoms with E-state index in [1.54, 1.807) is 0 Å². The Labute approximate surface area is 111 Å². The van der Waals surface area contributed by atoms with Gasteiger partial charge in [0.05, 0.1) is 5.75 Å². The third-order valence-electron chi connectivity index (χ3n) is 2.86. The lowest BCUT2D eigenvalue weighted by Crippen LogP contribution is -2.40. The number of rotatable bonds is 4. The van der Waals surface area contributed by atoms with Crippen molar-refractivity contribution < 1.29 is 8.95 Å². The van der Waals surface area contributed by atoms with E-state index >= 15 is 0 Å². The van der Waals surface area contributed by atoms with Crippen LogP contribution in [-0.2, 0) is 17.2 Å². The first-order valence-corrected chi connectivity index (χ1v) is 7.72. The van der Waals surface area contributed by atoms with Crippen molar-refractivity contribution in [1.82, 2.24) is 0 Å². The minimum atomic E-state index is -0.923. The fourth-order valence-corrected chi connectivity index (χ4v) is 3.77. The molecule has 0 bridgehead atoms. The summed E-state index contributed by atoms with van der Waals surface area (Å²) in [6, 6.07) is 6.19. The van der Waals surface area contributed by atoms with Crippen LogP contribution in [0.1, 0.15) is 25.0 Å². The average molecular weight is 267 g/mol. The van der Waals surface area contributed by atoms with Crippen molar-refractivity contribution in [3.8, 4) is 5.75 Å². The smallest absolute Gasteiger partial charge is 0.123 e. The molecule has 1 aliphatic heterocycles. The Kier molecular flexibility index (Phi) is 3.78. The summed E-state index contributed by atoms with van der Waals surface area (Å²) in [5.74, 6) is 2.02. The summed E-state index contributed by atoms with van der Waals surface area (Å²) in [4.78, 5) is 0. The van der Waals surface area contributed by atoms with E-state index in [0.717, 1.165) is 12.2 Å². The summed E-state index contributed by atoms with van der Waals surface area (Å²) < 4.78 is 17.8. The van der Waals surface area contributed by atoms with E-state index in [-0.39, 0.29) is 11.6 Å². The number of hydrogen-bond donors (Lipinski definition) is 1. The minimum absolute atomic E-state index is 0.0324. The molecule has 1 heterocycles. The second kappa shape index (κ2) is 5.02. The molecule has 3 nitrogen and oxygen atoms in total. The molecule has 100 valence electrons. The highest BCUT2D eigenvalue weighted by atomic mass is 32.2. The first kappa shape index (κ1) is 13.6. The highest BCUT2D eigenvalue weighted by Gasteiger charge is 2.26. The third-order valence-corrected chi connectivity index (χ3v) is 4.67. The number of benzene rings is 1. The number of fused-ring (bicyclic) bond motifs is 1. The van der Waals surface area contributed by atoms with E-state index < -0.39 is 10.8 Å². The second-order valence-corrected chi connectivity index (χ2v) is 7.30. The predicted molar refractivity (Wildman–Crippen MR) is 75.4 cm³/mol. The van der Waals surface area contributed by atoms with E-state index in [1.807, 2.05) is 26.0 Å². The van der Waals surface area contributed by atoms with E-state index in [4.69, 9.17) is 10.5 Å². The zero-order valence-corrected chi connectivity index (χ0v) is 12.0. The molecule has 1 aromatic carbocycles. The number of nitrogens with two attached hydrogens (primary N) is 1. The van der Waals surface area contributed by atoms with E-state index in [0.29, 0.717) is 11.5 Å². The summed E-state index contributed by atoms with van der Waals surface area (Å²) in [7, 11) is -0.923. The van der Waals surface area contributed by atoms with Crippen molar-refractivity contribution in [1.29, 1.82) is 0 Å². The van der Waals surface area contributed by atoms with Crippen LogP contribution in [0.4, 0.5) is 0 Å². The van der Waals surface area contributed by atoms with Crippen molar-refractivity contribution in [2.45, 2.75) is 38.8 Å². The van der Waals surface area contributed by atoms with Gasteiger partial charge < -0.3 is 10.5 Å². The van der Waals surface area contributed by atoms with Crippen LogP contribution in [0.5, 0.6) is 5.75 Å². The zero-order valence-electron chi connectivity index (χ0n) is 11.2. The lowest BCUT2D eigenvalue weighted by molar-refractivity contribution is 0.258. The summed E-state index contributed by atoms with van der Waals surface area (Å²) in [6.45, 7) is 5.87. The standard InChI is InChI=1S/C14H21NO2S/c1-10-4-5-13-11(6-10)7-12(17-13)8-18(16)9-14(2,3)15/h4-6,12H,7-9,15H2,1-3H3. The molecular weight excluding hydrogens is 246 g/mol. The fraction of sp³-hybridized carbons (Fsp3) is 0.571. The molecule has 0 aromatic heterocycles. The highest BCUT2D eigenvalue weighted by molar-refractivity contribution is 7.85. The minimum Gasteiger partial charge on any atom is -0.489 e. The van der Waals surface area contributed by atoms with Crippen LogP contribution in [-0.4, -0.2) is 27.4 Å². The van der Waals surface area contributed by atoms with Gasteiger partial charge in [-0.25, -0.2) is 0 Å². The van der Waals surface area contributed by atoms with Crippen LogP contribution in [0.15, 0.2) is 18.2 Å². The zero-order chi connectivity index (χ0) is 13.3. The maximum Gasteiger partial charge on any atom is 0.123 e. The molecule has 1 aliphatic rings. The van der Waals surface area contributed by atoms with Gasteiger partial charge in [0.2, 0.25) is 0 Å². The van der Waals surface area contributed by atoms with Gasteiger partial charge in [-0.15, -0.1) is 0 Å².